The third kappa shape index (κ3) is 8.11. The van der Waals surface area contributed by atoms with Crippen molar-refractivity contribution in [1.29, 1.82) is 0 Å². The van der Waals surface area contributed by atoms with Gasteiger partial charge in [-0.3, -0.25) is 14.5 Å². The van der Waals surface area contributed by atoms with Crippen LogP contribution in [-0.2, 0) is 22.4 Å². The van der Waals surface area contributed by atoms with E-state index in [2.05, 4.69) is 48.1 Å². The number of carbonyl (C=O) groups is 2. The average Bonchev–Trinajstić information content (AvgIpc) is 3.45. The van der Waals surface area contributed by atoms with Gasteiger partial charge in [0.25, 0.3) is 0 Å². The fraction of sp³-hybridized carbons (Fsp3) is 0.600. The first kappa shape index (κ1) is 31.8. The molecule has 3 aliphatic rings. The highest BCUT2D eigenvalue weighted by atomic mass is 35.5. The summed E-state index contributed by atoms with van der Waals surface area (Å²) >= 11 is 6.14. The van der Waals surface area contributed by atoms with Crippen LogP contribution >= 0.6 is 11.6 Å². The zero-order valence-electron chi connectivity index (χ0n) is 26.4. The highest BCUT2D eigenvalue weighted by molar-refractivity contribution is 6.30. The molecule has 234 valence electrons. The number of benzene rings is 2. The summed E-state index contributed by atoms with van der Waals surface area (Å²) in [7, 11) is 0. The molecule has 0 aliphatic carbocycles. The second-order valence-electron chi connectivity index (χ2n) is 13.5. The quantitative estimate of drug-likeness (QED) is 0.387. The number of hydrogen-bond acceptors (Lipinski definition) is 5. The van der Waals surface area contributed by atoms with E-state index < -0.39 is 6.04 Å². The van der Waals surface area contributed by atoms with Gasteiger partial charge in [-0.05, 0) is 87.9 Å². The molecule has 2 amide bonds. The molecule has 2 N–H and O–H groups in total. The minimum absolute atomic E-state index is 0.0120. The fourth-order valence-electron chi connectivity index (χ4n) is 7.17. The van der Waals surface area contributed by atoms with Gasteiger partial charge in [0.2, 0.25) is 11.8 Å². The Morgan fingerprint density at radius 2 is 1.56 bits per heavy atom. The second-order valence-corrected chi connectivity index (χ2v) is 13.9. The number of para-hydroxylation sites is 1. The van der Waals surface area contributed by atoms with Gasteiger partial charge in [-0.25, -0.2) is 0 Å². The van der Waals surface area contributed by atoms with Gasteiger partial charge in [-0.15, -0.1) is 0 Å². The number of piperidine rings is 2. The standard InChI is InChI=1S/C35H50ClN5O2/c1-24(2)23-41(29-13-17-39(18-14-29)25(3)4)30-15-19-40(20-16-30)35(43)33(21-26-9-11-28(36)12-10-26)38-34(42)32-22-27-7-5-6-8-31(27)37-32/h5-12,24-25,29-30,32-33,37H,13-23H2,1-4H3,(H,38,42)/t32-,33+/m0/s1. The summed E-state index contributed by atoms with van der Waals surface area (Å²) in [5.41, 5.74) is 3.11. The first-order chi connectivity index (χ1) is 20.7. The van der Waals surface area contributed by atoms with E-state index in [1.165, 1.54) is 25.9 Å². The maximum Gasteiger partial charge on any atom is 0.245 e. The van der Waals surface area contributed by atoms with Gasteiger partial charge in [0.1, 0.15) is 12.1 Å². The Morgan fingerprint density at radius 3 is 2.16 bits per heavy atom. The Labute approximate surface area is 263 Å². The van der Waals surface area contributed by atoms with Crippen LogP contribution in [0.3, 0.4) is 0 Å². The van der Waals surface area contributed by atoms with E-state index in [1.807, 2.05) is 53.4 Å². The smallest absolute Gasteiger partial charge is 0.245 e. The third-order valence-corrected chi connectivity index (χ3v) is 9.83. The average molecular weight is 608 g/mol. The Kier molecular flexibility index (Phi) is 10.7. The molecule has 0 bridgehead atoms. The third-order valence-electron chi connectivity index (χ3n) is 9.57. The molecule has 0 saturated carbocycles. The molecular weight excluding hydrogens is 558 g/mol. The number of rotatable bonds is 10. The molecule has 0 radical (unpaired) electrons. The van der Waals surface area contributed by atoms with Crippen LogP contribution in [0.25, 0.3) is 0 Å². The predicted octanol–water partition coefficient (Wildman–Crippen LogP) is 5.23. The number of nitrogens with one attached hydrogen (secondary N) is 2. The minimum Gasteiger partial charge on any atom is -0.373 e. The number of likely N-dealkylation sites (tertiary alicyclic amines) is 2. The number of hydrogen-bond donors (Lipinski definition) is 2. The Bertz CT molecular complexity index is 1190. The first-order valence-corrected chi connectivity index (χ1v) is 16.7. The molecule has 2 atom stereocenters. The fourth-order valence-corrected chi connectivity index (χ4v) is 7.30. The summed E-state index contributed by atoms with van der Waals surface area (Å²) in [6, 6.07) is 16.3. The first-order valence-electron chi connectivity index (χ1n) is 16.4. The summed E-state index contributed by atoms with van der Waals surface area (Å²) < 4.78 is 0. The van der Waals surface area contributed by atoms with Crippen LogP contribution in [0, 0.1) is 5.92 Å². The number of halogens is 1. The molecule has 3 heterocycles. The largest absolute Gasteiger partial charge is 0.373 e. The topological polar surface area (TPSA) is 67.9 Å². The lowest BCUT2D eigenvalue weighted by atomic mass is 9.94. The van der Waals surface area contributed by atoms with Crippen molar-refractivity contribution in [3.63, 3.8) is 0 Å². The lowest BCUT2D eigenvalue weighted by molar-refractivity contribution is -0.138. The summed E-state index contributed by atoms with van der Waals surface area (Å²) in [6.45, 7) is 14.1. The van der Waals surface area contributed by atoms with Crippen LogP contribution in [0.5, 0.6) is 0 Å². The summed E-state index contributed by atoms with van der Waals surface area (Å²) in [4.78, 5) is 34.9. The number of nitrogens with zero attached hydrogens (tertiary/aromatic N) is 3. The lowest BCUT2D eigenvalue weighted by Gasteiger charge is -2.46. The summed E-state index contributed by atoms with van der Waals surface area (Å²) in [5.74, 6) is 0.490. The van der Waals surface area contributed by atoms with E-state index in [1.54, 1.807) is 0 Å². The van der Waals surface area contributed by atoms with Crippen molar-refractivity contribution in [2.45, 2.75) is 96.4 Å². The van der Waals surface area contributed by atoms with Gasteiger partial charge in [-0.2, -0.15) is 0 Å². The van der Waals surface area contributed by atoms with Crippen LogP contribution in [0.4, 0.5) is 5.69 Å². The Morgan fingerprint density at radius 1 is 0.930 bits per heavy atom. The molecule has 43 heavy (non-hydrogen) atoms. The van der Waals surface area contributed by atoms with E-state index in [0.717, 1.165) is 49.3 Å². The van der Waals surface area contributed by atoms with Gasteiger partial charge in [0.05, 0.1) is 0 Å². The summed E-state index contributed by atoms with van der Waals surface area (Å²) in [5, 5.41) is 7.14. The zero-order valence-corrected chi connectivity index (χ0v) is 27.2. The van der Waals surface area contributed by atoms with E-state index in [-0.39, 0.29) is 17.9 Å². The monoisotopic (exact) mass is 607 g/mol. The molecule has 8 heteroatoms. The molecule has 2 aromatic carbocycles. The van der Waals surface area contributed by atoms with Crippen molar-refractivity contribution in [1.82, 2.24) is 20.0 Å². The molecule has 7 nitrogen and oxygen atoms in total. The number of fused-ring (bicyclic) bond motifs is 1. The van der Waals surface area contributed by atoms with Crippen LogP contribution in [0.15, 0.2) is 48.5 Å². The molecule has 5 rings (SSSR count). The highest BCUT2D eigenvalue weighted by Crippen LogP contribution is 2.28. The number of amides is 2. The normalized spacial score (nSPS) is 20.8. The highest BCUT2D eigenvalue weighted by Gasteiger charge is 2.36. The molecule has 2 fully saturated rings. The van der Waals surface area contributed by atoms with Gasteiger partial charge < -0.3 is 20.4 Å². The molecule has 2 saturated heterocycles. The van der Waals surface area contributed by atoms with Gasteiger partial charge in [0, 0.05) is 61.3 Å². The van der Waals surface area contributed by atoms with E-state index in [0.29, 0.717) is 41.9 Å². The maximum atomic E-state index is 14.0. The molecular formula is C35H50ClN5O2. The van der Waals surface area contributed by atoms with Crippen molar-refractivity contribution in [3.8, 4) is 0 Å². The molecule has 3 aliphatic heterocycles. The van der Waals surface area contributed by atoms with Crippen molar-refractivity contribution in [2.24, 2.45) is 5.92 Å². The van der Waals surface area contributed by atoms with E-state index in [9.17, 15) is 9.59 Å². The van der Waals surface area contributed by atoms with Crippen LogP contribution in [0.1, 0.15) is 64.5 Å². The van der Waals surface area contributed by atoms with Gasteiger partial charge in [-0.1, -0.05) is 55.8 Å². The van der Waals surface area contributed by atoms with Gasteiger partial charge >= 0.3 is 0 Å². The SMILES string of the molecule is CC(C)CN(C1CCN(C(=O)[C@@H](Cc2ccc(Cl)cc2)NC(=O)[C@@H]2Cc3ccccc3N2)CC1)C1CCN(C(C)C)CC1. The van der Waals surface area contributed by atoms with E-state index >= 15 is 0 Å². The van der Waals surface area contributed by atoms with Crippen LogP contribution in [0.2, 0.25) is 5.02 Å². The van der Waals surface area contributed by atoms with Crippen molar-refractivity contribution in [2.75, 3.05) is 38.0 Å². The van der Waals surface area contributed by atoms with Crippen molar-refractivity contribution in [3.05, 3.63) is 64.7 Å². The van der Waals surface area contributed by atoms with Gasteiger partial charge in [0.15, 0.2) is 0 Å². The molecule has 0 aromatic heterocycles. The molecule has 0 spiro atoms. The number of carbonyl (C=O) groups excluding carboxylic acids is 2. The minimum atomic E-state index is -0.622. The zero-order chi connectivity index (χ0) is 30.5. The van der Waals surface area contributed by atoms with E-state index in [4.69, 9.17) is 11.6 Å². The Hall–Kier alpha value is -2.61. The molecule has 2 aromatic rings. The van der Waals surface area contributed by atoms with Crippen molar-refractivity contribution < 1.29 is 9.59 Å². The van der Waals surface area contributed by atoms with Crippen LogP contribution in [-0.4, -0.2) is 89.4 Å². The molecule has 0 unspecified atom stereocenters. The predicted molar refractivity (Wildman–Crippen MR) is 176 cm³/mol. The lowest BCUT2D eigenvalue weighted by Crippen LogP contribution is -2.57. The maximum absolute atomic E-state index is 14.0. The Balaban J connectivity index is 1.23. The van der Waals surface area contributed by atoms with Crippen molar-refractivity contribution >= 4 is 29.1 Å². The number of anilines is 1. The summed E-state index contributed by atoms with van der Waals surface area (Å²) in [6.07, 6.45) is 5.46. The second kappa shape index (κ2) is 14.4. The van der Waals surface area contributed by atoms with Crippen LogP contribution < -0.4 is 10.6 Å².